The first-order valence-corrected chi connectivity index (χ1v) is 6.05. The number of nitrogens with zero attached hydrogens (tertiary/aromatic N) is 1. The summed E-state index contributed by atoms with van der Waals surface area (Å²) in [5.41, 5.74) is 4.43. The van der Waals surface area contributed by atoms with Gasteiger partial charge in [0.15, 0.2) is 5.69 Å². The molecule has 1 atom stereocenters. The monoisotopic (exact) mass is 268 g/mol. The van der Waals surface area contributed by atoms with E-state index < -0.39 is 11.9 Å². The lowest BCUT2D eigenvalue weighted by atomic mass is 10.2. The standard InChI is InChI=1S/C10H15F3N2OS/c1-3-4-6(16-2)9-15-8(10(11,12)13)7(5-14)17-9/h6H,3-5,14H2,1-2H3. The molecule has 0 aliphatic heterocycles. The van der Waals surface area contributed by atoms with Crippen LogP contribution in [0, 0.1) is 0 Å². The predicted molar refractivity (Wildman–Crippen MR) is 59.7 cm³/mol. The van der Waals surface area contributed by atoms with Crippen LogP contribution in [0.5, 0.6) is 0 Å². The average molecular weight is 268 g/mol. The molecule has 98 valence electrons. The molecule has 0 radical (unpaired) electrons. The van der Waals surface area contributed by atoms with E-state index in [1.807, 2.05) is 6.92 Å². The van der Waals surface area contributed by atoms with Gasteiger partial charge in [-0.1, -0.05) is 13.3 Å². The van der Waals surface area contributed by atoms with Gasteiger partial charge >= 0.3 is 6.18 Å². The largest absolute Gasteiger partial charge is 0.434 e. The second-order valence-electron chi connectivity index (χ2n) is 3.54. The summed E-state index contributed by atoms with van der Waals surface area (Å²) in [4.78, 5) is 3.69. The van der Waals surface area contributed by atoms with Gasteiger partial charge in [0.05, 0.1) is 4.88 Å². The normalized spacial score (nSPS) is 14.0. The zero-order valence-corrected chi connectivity index (χ0v) is 10.5. The average Bonchev–Trinajstić information content (AvgIpc) is 2.69. The number of methoxy groups -OCH3 is 1. The van der Waals surface area contributed by atoms with Crippen molar-refractivity contribution < 1.29 is 17.9 Å². The number of hydrogen-bond acceptors (Lipinski definition) is 4. The Balaban J connectivity index is 3.07. The number of nitrogens with two attached hydrogens (primary N) is 1. The molecular formula is C10H15F3N2OS. The Morgan fingerprint density at radius 3 is 2.47 bits per heavy atom. The number of thiazole rings is 1. The molecule has 1 rings (SSSR count). The van der Waals surface area contributed by atoms with Crippen molar-refractivity contribution in [3.05, 3.63) is 15.6 Å². The minimum absolute atomic E-state index is 0.0608. The highest BCUT2D eigenvalue weighted by atomic mass is 32.1. The lowest BCUT2D eigenvalue weighted by molar-refractivity contribution is -0.141. The molecule has 0 aliphatic rings. The van der Waals surface area contributed by atoms with Crippen molar-refractivity contribution in [3.63, 3.8) is 0 Å². The molecular weight excluding hydrogens is 253 g/mol. The van der Waals surface area contributed by atoms with Gasteiger partial charge in [0, 0.05) is 13.7 Å². The smallest absolute Gasteiger partial charge is 0.374 e. The molecule has 3 nitrogen and oxygen atoms in total. The maximum Gasteiger partial charge on any atom is 0.434 e. The fraction of sp³-hybridized carbons (Fsp3) is 0.700. The maximum absolute atomic E-state index is 12.6. The molecule has 0 fully saturated rings. The van der Waals surface area contributed by atoms with Crippen LogP contribution in [0.4, 0.5) is 13.2 Å². The molecule has 0 saturated carbocycles. The van der Waals surface area contributed by atoms with E-state index in [9.17, 15) is 13.2 Å². The summed E-state index contributed by atoms with van der Waals surface area (Å²) in [5, 5.41) is 0.349. The van der Waals surface area contributed by atoms with Crippen molar-refractivity contribution >= 4 is 11.3 Å². The lowest BCUT2D eigenvalue weighted by Gasteiger charge is -2.10. The van der Waals surface area contributed by atoms with Crippen LogP contribution in [0.3, 0.4) is 0 Å². The lowest BCUT2D eigenvalue weighted by Crippen LogP contribution is -2.11. The Hall–Kier alpha value is -0.660. The Morgan fingerprint density at radius 2 is 2.12 bits per heavy atom. The minimum atomic E-state index is -4.45. The Bertz CT molecular complexity index is 365. The number of halogens is 3. The number of hydrogen-bond donors (Lipinski definition) is 1. The molecule has 7 heteroatoms. The molecule has 0 saturated heterocycles. The molecule has 0 spiro atoms. The topological polar surface area (TPSA) is 48.1 Å². The second-order valence-corrected chi connectivity index (χ2v) is 4.65. The first-order chi connectivity index (χ1) is 7.93. The fourth-order valence-corrected chi connectivity index (χ4v) is 2.55. The third-order valence-corrected chi connectivity index (χ3v) is 3.45. The van der Waals surface area contributed by atoms with Gasteiger partial charge in [-0.15, -0.1) is 11.3 Å². The highest BCUT2D eigenvalue weighted by Gasteiger charge is 2.37. The number of alkyl halides is 3. The third-order valence-electron chi connectivity index (χ3n) is 2.28. The van der Waals surface area contributed by atoms with E-state index in [0.717, 1.165) is 17.8 Å². The zero-order chi connectivity index (χ0) is 13.1. The van der Waals surface area contributed by atoms with Crippen LogP contribution in [0.15, 0.2) is 0 Å². The van der Waals surface area contributed by atoms with E-state index in [0.29, 0.717) is 11.4 Å². The van der Waals surface area contributed by atoms with Crippen LogP contribution in [0.25, 0.3) is 0 Å². The first kappa shape index (κ1) is 14.4. The molecule has 2 N–H and O–H groups in total. The fourth-order valence-electron chi connectivity index (χ4n) is 1.47. The summed E-state index contributed by atoms with van der Waals surface area (Å²) in [5.74, 6) is 0. The van der Waals surface area contributed by atoms with Gasteiger partial charge in [-0.3, -0.25) is 0 Å². The number of ether oxygens (including phenoxy) is 1. The van der Waals surface area contributed by atoms with E-state index in [1.165, 1.54) is 7.11 Å². The van der Waals surface area contributed by atoms with Gasteiger partial charge in [-0.25, -0.2) is 4.98 Å². The van der Waals surface area contributed by atoms with Crippen molar-refractivity contribution in [3.8, 4) is 0 Å². The minimum Gasteiger partial charge on any atom is -0.374 e. The Morgan fingerprint density at radius 1 is 1.47 bits per heavy atom. The van der Waals surface area contributed by atoms with Crippen molar-refractivity contribution in [2.24, 2.45) is 5.73 Å². The molecule has 1 heterocycles. The third kappa shape index (κ3) is 3.40. The van der Waals surface area contributed by atoms with Crippen LogP contribution in [-0.4, -0.2) is 12.1 Å². The SMILES string of the molecule is CCCC(OC)c1nc(C(F)(F)F)c(CN)s1. The quantitative estimate of drug-likeness (QED) is 0.892. The Labute approximate surface area is 102 Å². The summed E-state index contributed by atoms with van der Waals surface area (Å²) in [6, 6.07) is 0. The van der Waals surface area contributed by atoms with E-state index in [2.05, 4.69) is 4.98 Å². The summed E-state index contributed by atoms with van der Waals surface area (Å²) < 4.78 is 43.1. The van der Waals surface area contributed by atoms with Crippen molar-refractivity contribution in [1.82, 2.24) is 4.98 Å². The first-order valence-electron chi connectivity index (χ1n) is 5.23. The highest BCUT2D eigenvalue weighted by Crippen LogP contribution is 2.37. The van der Waals surface area contributed by atoms with Crippen LogP contribution < -0.4 is 5.73 Å². The number of aromatic nitrogens is 1. The van der Waals surface area contributed by atoms with Crippen molar-refractivity contribution in [1.29, 1.82) is 0 Å². The van der Waals surface area contributed by atoms with E-state index in [-0.39, 0.29) is 17.5 Å². The molecule has 0 aliphatic carbocycles. The maximum atomic E-state index is 12.6. The van der Waals surface area contributed by atoms with Gasteiger partial charge in [0.2, 0.25) is 0 Å². The second kappa shape index (κ2) is 5.79. The predicted octanol–water partition coefficient (Wildman–Crippen LogP) is 3.11. The van der Waals surface area contributed by atoms with Crippen LogP contribution >= 0.6 is 11.3 Å². The molecule has 0 aromatic carbocycles. The van der Waals surface area contributed by atoms with E-state index in [1.54, 1.807) is 0 Å². The van der Waals surface area contributed by atoms with Gasteiger partial charge in [0.1, 0.15) is 11.1 Å². The van der Waals surface area contributed by atoms with Gasteiger partial charge < -0.3 is 10.5 Å². The molecule has 0 amide bonds. The number of rotatable bonds is 5. The van der Waals surface area contributed by atoms with Crippen LogP contribution in [0.2, 0.25) is 0 Å². The van der Waals surface area contributed by atoms with E-state index in [4.69, 9.17) is 10.5 Å². The Kier molecular flexibility index (Phi) is 4.91. The molecule has 0 bridgehead atoms. The van der Waals surface area contributed by atoms with Crippen LogP contribution in [-0.2, 0) is 17.5 Å². The molecule has 1 unspecified atom stereocenters. The highest BCUT2D eigenvalue weighted by molar-refractivity contribution is 7.11. The molecule has 17 heavy (non-hydrogen) atoms. The van der Waals surface area contributed by atoms with Gasteiger partial charge in [-0.05, 0) is 6.42 Å². The van der Waals surface area contributed by atoms with Crippen molar-refractivity contribution in [2.75, 3.05) is 7.11 Å². The summed E-state index contributed by atoms with van der Waals surface area (Å²) in [7, 11) is 1.47. The summed E-state index contributed by atoms with van der Waals surface area (Å²) in [6.45, 7) is 1.78. The van der Waals surface area contributed by atoms with Crippen molar-refractivity contribution in [2.45, 2.75) is 38.6 Å². The summed E-state index contributed by atoms with van der Waals surface area (Å²) >= 11 is 0.978. The van der Waals surface area contributed by atoms with E-state index >= 15 is 0 Å². The zero-order valence-electron chi connectivity index (χ0n) is 9.67. The summed E-state index contributed by atoms with van der Waals surface area (Å²) in [6.07, 6.45) is -3.37. The van der Waals surface area contributed by atoms with Crippen LogP contribution in [0.1, 0.15) is 41.4 Å². The van der Waals surface area contributed by atoms with Gasteiger partial charge in [0.25, 0.3) is 0 Å². The van der Waals surface area contributed by atoms with Gasteiger partial charge in [-0.2, -0.15) is 13.2 Å². The molecule has 1 aromatic heterocycles. The molecule has 1 aromatic rings.